The van der Waals surface area contributed by atoms with E-state index in [2.05, 4.69) is 31.7 Å². The molecule has 38 heavy (non-hydrogen) atoms. The largest absolute Gasteiger partial charge is 0.494 e. The molecule has 0 aliphatic heterocycles. The van der Waals surface area contributed by atoms with E-state index in [1.54, 1.807) is 0 Å². The summed E-state index contributed by atoms with van der Waals surface area (Å²) in [5.41, 5.74) is 4.81. The molecule has 4 aromatic rings. The fourth-order valence-electron chi connectivity index (χ4n) is 4.71. The zero-order valence-electron chi connectivity index (χ0n) is 23.3. The van der Waals surface area contributed by atoms with Gasteiger partial charge in [-0.15, -0.1) is 0 Å². The number of aryl methyl sites for hydroxylation is 2. The van der Waals surface area contributed by atoms with Crippen LogP contribution < -0.4 is 9.47 Å². The Morgan fingerprint density at radius 1 is 0.816 bits per heavy atom. The van der Waals surface area contributed by atoms with Crippen molar-refractivity contribution in [2.75, 3.05) is 32.8 Å². The Morgan fingerprint density at radius 3 is 2.13 bits per heavy atom. The molecule has 0 atom stereocenters. The first kappa shape index (κ1) is 27.5. The molecule has 0 unspecified atom stereocenters. The molecule has 1 heterocycles. The van der Waals surface area contributed by atoms with Gasteiger partial charge >= 0.3 is 0 Å². The van der Waals surface area contributed by atoms with E-state index in [1.807, 2.05) is 68.4 Å². The summed E-state index contributed by atoms with van der Waals surface area (Å²) in [5.74, 6) is 2.04. The van der Waals surface area contributed by atoms with Gasteiger partial charge in [0.25, 0.3) is 0 Å². The van der Waals surface area contributed by atoms with Crippen LogP contribution in [0.4, 0.5) is 0 Å². The summed E-state index contributed by atoms with van der Waals surface area (Å²) in [4.78, 5) is 16.3. The van der Waals surface area contributed by atoms with E-state index in [1.165, 1.54) is 0 Å². The fraction of sp³-hybridized carbons (Fsp3) is 0.364. The molecule has 5 nitrogen and oxygen atoms in total. The zero-order chi connectivity index (χ0) is 27.1. The molecule has 5 heteroatoms. The van der Waals surface area contributed by atoms with Gasteiger partial charge < -0.3 is 18.8 Å². The molecule has 200 valence electrons. The van der Waals surface area contributed by atoms with E-state index in [0.717, 1.165) is 66.1 Å². The lowest BCUT2D eigenvalue weighted by molar-refractivity contribution is 0.104. The summed E-state index contributed by atoms with van der Waals surface area (Å²) in [6.45, 7) is 14.6. The molecule has 0 aliphatic rings. The second kappa shape index (κ2) is 12.8. The van der Waals surface area contributed by atoms with Gasteiger partial charge in [-0.1, -0.05) is 44.4 Å². The topological polar surface area (TPSA) is 51.9 Å². The summed E-state index contributed by atoms with van der Waals surface area (Å²) >= 11 is 0. The minimum Gasteiger partial charge on any atom is -0.494 e. The van der Waals surface area contributed by atoms with Crippen LogP contribution in [0, 0.1) is 13.8 Å². The molecular formula is C33H39NO4. The number of unbranched alkanes of at least 4 members (excludes halogenated alkanes) is 1. The van der Waals surface area contributed by atoms with E-state index < -0.39 is 0 Å². The summed E-state index contributed by atoms with van der Waals surface area (Å²) in [5, 5.41) is 0.762. The summed E-state index contributed by atoms with van der Waals surface area (Å²) in [7, 11) is 0. The van der Waals surface area contributed by atoms with Crippen LogP contribution >= 0.6 is 0 Å². The number of ketones is 1. The van der Waals surface area contributed by atoms with E-state index in [0.29, 0.717) is 35.7 Å². The number of benzene rings is 3. The molecular weight excluding hydrogens is 474 g/mol. The molecule has 0 fully saturated rings. The van der Waals surface area contributed by atoms with E-state index >= 15 is 0 Å². The average Bonchev–Trinajstić information content (AvgIpc) is 3.29. The fourth-order valence-corrected chi connectivity index (χ4v) is 4.71. The van der Waals surface area contributed by atoms with Gasteiger partial charge in [0.15, 0.2) is 5.78 Å². The number of fused-ring (bicyclic) bond motifs is 1. The normalized spacial score (nSPS) is 11.3. The molecule has 1 aromatic heterocycles. The predicted molar refractivity (Wildman–Crippen MR) is 155 cm³/mol. The van der Waals surface area contributed by atoms with Crippen LogP contribution in [0.3, 0.4) is 0 Å². The van der Waals surface area contributed by atoms with Crippen LogP contribution in [0.1, 0.15) is 60.7 Å². The highest BCUT2D eigenvalue weighted by Crippen LogP contribution is 2.37. The number of ether oxygens (including phenoxy) is 2. The minimum atomic E-state index is -0.0594. The smallest absolute Gasteiger partial charge is 0.197 e. The molecule has 0 spiro atoms. The Kier molecular flexibility index (Phi) is 9.24. The van der Waals surface area contributed by atoms with Crippen molar-refractivity contribution in [1.29, 1.82) is 0 Å². The highest BCUT2D eigenvalue weighted by molar-refractivity contribution is 6.19. The van der Waals surface area contributed by atoms with Gasteiger partial charge in [-0.3, -0.25) is 4.79 Å². The van der Waals surface area contributed by atoms with Gasteiger partial charge in [0.05, 0.1) is 12.2 Å². The number of carbonyl (C=O) groups excluding carboxylic acids is 1. The van der Waals surface area contributed by atoms with Crippen molar-refractivity contribution in [3.63, 3.8) is 0 Å². The summed E-state index contributed by atoms with van der Waals surface area (Å²) < 4.78 is 18.3. The highest BCUT2D eigenvalue weighted by Gasteiger charge is 2.24. The molecule has 0 aliphatic carbocycles. The number of carbonyl (C=O) groups is 1. The first-order valence-electron chi connectivity index (χ1n) is 13.7. The second-order valence-electron chi connectivity index (χ2n) is 9.77. The van der Waals surface area contributed by atoms with Crippen molar-refractivity contribution in [2.24, 2.45) is 0 Å². The first-order chi connectivity index (χ1) is 18.4. The summed E-state index contributed by atoms with van der Waals surface area (Å²) in [6, 6.07) is 19.5. The molecule has 0 N–H and O–H groups in total. The van der Waals surface area contributed by atoms with E-state index in [9.17, 15) is 4.79 Å². The van der Waals surface area contributed by atoms with Crippen LogP contribution in [0.15, 0.2) is 65.1 Å². The van der Waals surface area contributed by atoms with Gasteiger partial charge in [0, 0.05) is 23.1 Å². The minimum absolute atomic E-state index is 0.0594. The predicted octanol–water partition coefficient (Wildman–Crippen LogP) is 7.85. The lowest BCUT2D eigenvalue weighted by Crippen LogP contribution is -2.27. The lowest BCUT2D eigenvalue weighted by atomic mass is 9.95. The lowest BCUT2D eigenvalue weighted by Gasteiger charge is -2.18. The number of likely N-dealkylation sites (N-methyl/N-ethyl adjacent to an activating group) is 1. The Balaban J connectivity index is 1.70. The van der Waals surface area contributed by atoms with Crippen LogP contribution in [-0.2, 0) is 0 Å². The molecule has 0 amide bonds. The third-order valence-electron chi connectivity index (χ3n) is 6.82. The second-order valence-corrected chi connectivity index (χ2v) is 9.77. The highest BCUT2D eigenvalue weighted by atomic mass is 16.5. The van der Waals surface area contributed by atoms with Crippen molar-refractivity contribution in [3.8, 4) is 22.8 Å². The van der Waals surface area contributed by atoms with E-state index in [-0.39, 0.29) is 5.78 Å². The number of hydrogen-bond acceptors (Lipinski definition) is 5. The number of furan rings is 1. The van der Waals surface area contributed by atoms with Crippen LogP contribution in [0.25, 0.3) is 22.3 Å². The quantitative estimate of drug-likeness (QED) is 0.135. The van der Waals surface area contributed by atoms with Crippen molar-refractivity contribution in [3.05, 3.63) is 82.9 Å². The van der Waals surface area contributed by atoms with Gasteiger partial charge in [-0.25, -0.2) is 0 Å². The Hall–Kier alpha value is -3.57. The average molecular weight is 514 g/mol. The van der Waals surface area contributed by atoms with Crippen molar-refractivity contribution >= 4 is 16.8 Å². The molecule has 0 saturated heterocycles. The summed E-state index contributed by atoms with van der Waals surface area (Å²) in [6.07, 6.45) is 2.04. The Morgan fingerprint density at radius 2 is 1.47 bits per heavy atom. The van der Waals surface area contributed by atoms with Crippen molar-refractivity contribution in [2.45, 2.75) is 47.5 Å². The van der Waals surface area contributed by atoms with Gasteiger partial charge in [-0.2, -0.15) is 0 Å². The maximum absolute atomic E-state index is 14.0. The maximum atomic E-state index is 14.0. The third-order valence-corrected chi connectivity index (χ3v) is 6.82. The van der Waals surface area contributed by atoms with E-state index in [4.69, 9.17) is 13.9 Å². The third kappa shape index (κ3) is 6.46. The van der Waals surface area contributed by atoms with Gasteiger partial charge in [0.2, 0.25) is 0 Å². The monoisotopic (exact) mass is 513 g/mol. The van der Waals surface area contributed by atoms with Crippen LogP contribution in [0.2, 0.25) is 0 Å². The van der Waals surface area contributed by atoms with Crippen LogP contribution in [0.5, 0.6) is 11.5 Å². The van der Waals surface area contributed by atoms with Crippen LogP contribution in [-0.4, -0.2) is 43.5 Å². The molecule has 0 saturated carbocycles. The zero-order valence-corrected chi connectivity index (χ0v) is 23.3. The molecule has 0 radical (unpaired) electrons. The SMILES string of the molecule is CCCCOc1ccc2oc(-c3ccc(OCCN(CC)CC)cc3)c(C(=O)c3cc(C)cc(C)c3)c2c1. The van der Waals surface area contributed by atoms with Gasteiger partial charge in [-0.05, 0) is 88.0 Å². The molecule has 3 aromatic carbocycles. The maximum Gasteiger partial charge on any atom is 0.197 e. The standard InChI is InChI=1S/C33H39NO4/c1-6-9-17-36-28-14-15-30-29(22-28)31(32(35)26-20-23(4)19-24(5)21-26)33(38-30)25-10-12-27(13-11-25)37-18-16-34(7-2)8-3/h10-15,19-22H,6-9,16-18H2,1-5H3. The number of nitrogens with zero attached hydrogens (tertiary/aromatic N) is 1. The number of hydrogen-bond donors (Lipinski definition) is 0. The Labute approximate surface area is 226 Å². The van der Waals surface area contributed by atoms with Crippen molar-refractivity contribution in [1.82, 2.24) is 4.90 Å². The van der Waals surface area contributed by atoms with Gasteiger partial charge in [0.1, 0.15) is 29.4 Å². The molecule has 0 bridgehead atoms. The first-order valence-corrected chi connectivity index (χ1v) is 13.7. The van der Waals surface area contributed by atoms with Crippen molar-refractivity contribution < 1.29 is 18.7 Å². The molecule has 4 rings (SSSR count). The number of rotatable bonds is 13. The Bertz CT molecular complexity index is 1350.